The normalized spacial score (nSPS) is 12.8. The minimum absolute atomic E-state index is 0.0240. The van der Waals surface area contributed by atoms with Crippen molar-refractivity contribution in [3.05, 3.63) is 54.1 Å². The van der Waals surface area contributed by atoms with Gasteiger partial charge in [-0.15, -0.1) is 0 Å². The van der Waals surface area contributed by atoms with Gasteiger partial charge in [0, 0.05) is 37.9 Å². The monoisotopic (exact) mass is 357 g/mol. The molecule has 1 heterocycles. The topological polar surface area (TPSA) is 74.5 Å². The van der Waals surface area contributed by atoms with Crippen LogP contribution in [0.1, 0.15) is 37.1 Å². The molecule has 0 fully saturated rings. The Morgan fingerprint density at radius 1 is 1.23 bits per heavy atom. The molecule has 0 radical (unpaired) electrons. The van der Waals surface area contributed by atoms with E-state index in [4.69, 9.17) is 0 Å². The Labute approximate surface area is 156 Å². The molecular weight excluding hydrogens is 326 g/mol. The minimum Gasteiger partial charge on any atom is -0.396 e. The van der Waals surface area contributed by atoms with Gasteiger partial charge in [0.1, 0.15) is 5.82 Å². The van der Waals surface area contributed by atoms with E-state index >= 15 is 0 Å². The quantitative estimate of drug-likeness (QED) is 0.346. The number of nitrogens with one attached hydrogen (secondary N) is 2. The highest BCUT2D eigenvalue weighted by Gasteiger charge is 2.09. The number of benzene rings is 1. The predicted molar refractivity (Wildman–Crippen MR) is 106 cm³/mol. The molecule has 0 saturated carbocycles. The Morgan fingerprint density at radius 3 is 2.69 bits per heavy atom. The highest BCUT2D eigenvalue weighted by molar-refractivity contribution is 5.79. The van der Waals surface area contributed by atoms with Crippen LogP contribution in [-0.4, -0.2) is 46.9 Å². The maximum absolute atomic E-state index is 9.66. The van der Waals surface area contributed by atoms with Crippen LogP contribution >= 0.6 is 0 Å². The number of rotatable bonds is 10. The number of guanidine groups is 1. The summed E-state index contributed by atoms with van der Waals surface area (Å²) in [5.74, 6) is 1.89. The van der Waals surface area contributed by atoms with Crippen molar-refractivity contribution in [3.63, 3.8) is 0 Å². The number of nitrogens with zero attached hydrogens (tertiary/aromatic N) is 3. The Bertz CT molecular complexity index is 653. The molecule has 0 amide bonds. The van der Waals surface area contributed by atoms with Crippen LogP contribution in [0, 0.1) is 6.92 Å². The lowest BCUT2D eigenvalue weighted by Crippen LogP contribution is -2.38. The first kappa shape index (κ1) is 20.0. The summed E-state index contributed by atoms with van der Waals surface area (Å²) < 4.78 is 2.17. The van der Waals surface area contributed by atoms with Gasteiger partial charge < -0.3 is 20.3 Å². The molecule has 0 saturated heterocycles. The van der Waals surface area contributed by atoms with Gasteiger partial charge in [-0.1, -0.05) is 30.3 Å². The van der Waals surface area contributed by atoms with Gasteiger partial charge in [0.15, 0.2) is 5.96 Å². The molecule has 1 atom stereocenters. The van der Waals surface area contributed by atoms with Gasteiger partial charge in [-0.3, -0.25) is 4.99 Å². The lowest BCUT2D eigenvalue weighted by molar-refractivity contribution is 0.268. The number of hydrogen-bond donors (Lipinski definition) is 3. The van der Waals surface area contributed by atoms with Crippen LogP contribution in [0.5, 0.6) is 0 Å². The summed E-state index contributed by atoms with van der Waals surface area (Å²) in [6, 6.07) is 10.0. The fourth-order valence-electron chi connectivity index (χ4n) is 2.79. The molecule has 3 N–H and O–H groups in total. The lowest BCUT2D eigenvalue weighted by Gasteiger charge is -2.15. The molecule has 142 valence electrons. The van der Waals surface area contributed by atoms with E-state index in [0.29, 0.717) is 6.54 Å². The zero-order valence-electron chi connectivity index (χ0n) is 15.9. The SMILES string of the molecule is CCNC(=NCC(CO)c1ccccc1)NCCCCn1ccnc1C. The van der Waals surface area contributed by atoms with E-state index in [-0.39, 0.29) is 12.5 Å². The Kier molecular flexibility index (Phi) is 8.69. The summed E-state index contributed by atoms with van der Waals surface area (Å²) >= 11 is 0. The maximum Gasteiger partial charge on any atom is 0.191 e. The largest absolute Gasteiger partial charge is 0.396 e. The number of aliphatic hydroxyl groups is 1. The van der Waals surface area contributed by atoms with Crippen LogP contribution < -0.4 is 10.6 Å². The summed E-state index contributed by atoms with van der Waals surface area (Å²) in [6.45, 7) is 7.41. The number of imidazole rings is 1. The van der Waals surface area contributed by atoms with E-state index in [2.05, 4.69) is 32.1 Å². The molecule has 1 aromatic carbocycles. The number of hydrogen-bond acceptors (Lipinski definition) is 3. The average molecular weight is 358 g/mol. The first-order valence-electron chi connectivity index (χ1n) is 9.40. The molecule has 0 bridgehead atoms. The van der Waals surface area contributed by atoms with Crippen LogP contribution in [0.25, 0.3) is 0 Å². The van der Waals surface area contributed by atoms with Crippen LogP contribution in [-0.2, 0) is 6.54 Å². The zero-order chi connectivity index (χ0) is 18.6. The van der Waals surface area contributed by atoms with Gasteiger partial charge >= 0.3 is 0 Å². The standard InChI is InChI=1S/C20H31N5O/c1-3-21-20(23-11-7-8-13-25-14-12-22-17(25)2)24-15-19(16-26)18-9-5-4-6-10-18/h4-6,9-10,12,14,19,26H,3,7-8,11,13,15-16H2,1-2H3,(H2,21,23,24). The highest BCUT2D eigenvalue weighted by Crippen LogP contribution is 2.14. The lowest BCUT2D eigenvalue weighted by atomic mass is 10.0. The van der Waals surface area contributed by atoms with Crippen LogP contribution in [0.3, 0.4) is 0 Å². The second-order valence-electron chi connectivity index (χ2n) is 6.31. The molecule has 2 aromatic rings. The number of unbranched alkanes of at least 4 members (excludes halogenated alkanes) is 1. The molecule has 0 aliphatic rings. The first-order chi connectivity index (χ1) is 12.7. The second-order valence-corrected chi connectivity index (χ2v) is 6.31. The smallest absolute Gasteiger partial charge is 0.191 e. The van der Waals surface area contributed by atoms with Crippen molar-refractivity contribution in [2.45, 2.75) is 39.2 Å². The van der Waals surface area contributed by atoms with E-state index < -0.39 is 0 Å². The van der Waals surface area contributed by atoms with Crippen molar-refractivity contribution in [1.29, 1.82) is 0 Å². The Balaban J connectivity index is 1.77. The van der Waals surface area contributed by atoms with E-state index in [0.717, 1.165) is 49.8 Å². The third kappa shape index (κ3) is 6.52. The minimum atomic E-state index is 0.0240. The molecule has 26 heavy (non-hydrogen) atoms. The second kappa shape index (κ2) is 11.3. The highest BCUT2D eigenvalue weighted by atomic mass is 16.3. The summed E-state index contributed by atoms with van der Waals surface area (Å²) in [6.07, 6.45) is 6.01. The molecule has 2 rings (SSSR count). The van der Waals surface area contributed by atoms with E-state index in [9.17, 15) is 5.11 Å². The first-order valence-corrected chi connectivity index (χ1v) is 9.40. The number of aliphatic hydroxyl groups excluding tert-OH is 1. The predicted octanol–water partition coefficient (Wildman–Crippen LogP) is 2.30. The van der Waals surface area contributed by atoms with Gasteiger partial charge in [-0.2, -0.15) is 0 Å². The van der Waals surface area contributed by atoms with Crippen molar-refractivity contribution < 1.29 is 5.11 Å². The Hall–Kier alpha value is -2.34. The van der Waals surface area contributed by atoms with Crippen LogP contribution in [0.4, 0.5) is 0 Å². The van der Waals surface area contributed by atoms with E-state index in [1.54, 1.807) is 0 Å². The van der Waals surface area contributed by atoms with Crippen molar-refractivity contribution in [2.24, 2.45) is 4.99 Å². The van der Waals surface area contributed by atoms with Crippen molar-refractivity contribution in [3.8, 4) is 0 Å². The zero-order valence-corrected chi connectivity index (χ0v) is 15.9. The molecule has 0 aliphatic heterocycles. The maximum atomic E-state index is 9.66. The fourth-order valence-corrected chi connectivity index (χ4v) is 2.79. The van der Waals surface area contributed by atoms with E-state index in [1.165, 1.54) is 0 Å². The van der Waals surface area contributed by atoms with Crippen LogP contribution in [0.2, 0.25) is 0 Å². The molecule has 0 spiro atoms. The number of aliphatic imine (C=N–C) groups is 1. The Morgan fingerprint density at radius 2 is 2.04 bits per heavy atom. The van der Waals surface area contributed by atoms with Gasteiger partial charge in [0.05, 0.1) is 13.2 Å². The summed E-state index contributed by atoms with van der Waals surface area (Å²) in [7, 11) is 0. The van der Waals surface area contributed by atoms with Crippen molar-refractivity contribution in [2.75, 3.05) is 26.2 Å². The summed E-state index contributed by atoms with van der Waals surface area (Å²) in [5.41, 5.74) is 1.12. The average Bonchev–Trinajstić information content (AvgIpc) is 3.07. The molecular formula is C20H31N5O. The number of aromatic nitrogens is 2. The molecule has 0 aliphatic carbocycles. The van der Waals surface area contributed by atoms with Gasteiger partial charge in [0.25, 0.3) is 0 Å². The third-order valence-corrected chi connectivity index (χ3v) is 4.35. The van der Waals surface area contributed by atoms with Crippen molar-refractivity contribution >= 4 is 5.96 Å². The van der Waals surface area contributed by atoms with Gasteiger partial charge in [-0.25, -0.2) is 4.98 Å². The van der Waals surface area contributed by atoms with Gasteiger partial charge in [-0.05, 0) is 32.3 Å². The molecule has 6 nitrogen and oxygen atoms in total. The third-order valence-electron chi connectivity index (χ3n) is 4.35. The van der Waals surface area contributed by atoms with Gasteiger partial charge in [0.2, 0.25) is 0 Å². The molecule has 6 heteroatoms. The molecule has 1 aromatic heterocycles. The number of aryl methyl sites for hydroxylation is 2. The van der Waals surface area contributed by atoms with E-state index in [1.807, 2.05) is 49.6 Å². The van der Waals surface area contributed by atoms with Crippen LogP contribution in [0.15, 0.2) is 47.7 Å². The summed E-state index contributed by atoms with van der Waals surface area (Å²) in [5, 5.41) is 16.3. The molecule has 1 unspecified atom stereocenters. The van der Waals surface area contributed by atoms with Crippen molar-refractivity contribution in [1.82, 2.24) is 20.2 Å². The summed E-state index contributed by atoms with van der Waals surface area (Å²) in [4.78, 5) is 8.88. The fraction of sp³-hybridized carbons (Fsp3) is 0.500.